The lowest BCUT2D eigenvalue weighted by Crippen LogP contribution is -2.38. The van der Waals surface area contributed by atoms with E-state index in [9.17, 15) is 0 Å². The molecule has 7 heteroatoms. The fourth-order valence-corrected chi connectivity index (χ4v) is 2.50. The highest BCUT2D eigenvalue weighted by atomic mass is 16.5. The predicted molar refractivity (Wildman–Crippen MR) is 110 cm³/mol. The normalized spacial score (nSPS) is 11.6. The van der Waals surface area contributed by atoms with E-state index >= 15 is 0 Å². The summed E-state index contributed by atoms with van der Waals surface area (Å²) in [5, 5.41) is 10.9. The van der Waals surface area contributed by atoms with Crippen LogP contribution in [0.1, 0.15) is 18.9 Å². The zero-order valence-electron chi connectivity index (χ0n) is 16.7. The van der Waals surface area contributed by atoms with E-state index in [-0.39, 0.29) is 0 Å². The van der Waals surface area contributed by atoms with Crippen LogP contribution in [0.5, 0.6) is 5.75 Å². The third-order valence-electron chi connectivity index (χ3n) is 3.94. The van der Waals surface area contributed by atoms with Crippen molar-refractivity contribution in [1.82, 2.24) is 25.3 Å². The smallest absolute Gasteiger partial charge is 0.191 e. The molecule has 0 atom stereocenters. The van der Waals surface area contributed by atoms with Crippen molar-refractivity contribution in [3.8, 4) is 5.75 Å². The summed E-state index contributed by atoms with van der Waals surface area (Å²) >= 11 is 0. The van der Waals surface area contributed by atoms with Crippen molar-refractivity contribution in [2.24, 2.45) is 4.99 Å². The Morgan fingerprint density at radius 2 is 2.07 bits per heavy atom. The van der Waals surface area contributed by atoms with Crippen molar-refractivity contribution in [2.75, 3.05) is 40.3 Å². The number of para-hydroxylation sites is 1. The highest BCUT2D eigenvalue weighted by Crippen LogP contribution is 2.18. The van der Waals surface area contributed by atoms with Gasteiger partial charge in [0.1, 0.15) is 12.4 Å². The molecule has 148 valence electrons. The van der Waals surface area contributed by atoms with Crippen LogP contribution in [0.15, 0.2) is 47.7 Å². The number of rotatable bonds is 11. The van der Waals surface area contributed by atoms with Crippen LogP contribution in [0, 0.1) is 0 Å². The molecule has 1 heterocycles. The topological polar surface area (TPSA) is 66.7 Å². The fraction of sp³-hybridized carbons (Fsp3) is 0.500. The van der Waals surface area contributed by atoms with Gasteiger partial charge in [0.2, 0.25) is 0 Å². The third-order valence-corrected chi connectivity index (χ3v) is 3.94. The van der Waals surface area contributed by atoms with Crippen LogP contribution in [0.25, 0.3) is 0 Å². The molecule has 7 nitrogen and oxygen atoms in total. The average molecular weight is 373 g/mol. The zero-order valence-corrected chi connectivity index (χ0v) is 16.7. The Labute approximate surface area is 162 Å². The highest BCUT2D eigenvalue weighted by Gasteiger charge is 2.04. The molecule has 0 radical (unpaired) electrons. The first-order valence-electron chi connectivity index (χ1n) is 9.54. The van der Waals surface area contributed by atoms with Gasteiger partial charge in [-0.25, -0.2) is 4.99 Å². The minimum absolute atomic E-state index is 0.576. The molecule has 2 N–H and O–H groups in total. The van der Waals surface area contributed by atoms with Crippen LogP contribution in [0.3, 0.4) is 0 Å². The van der Waals surface area contributed by atoms with Gasteiger partial charge < -0.3 is 20.3 Å². The van der Waals surface area contributed by atoms with E-state index < -0.39 is 0 Å². The molecule has 1 aromatic heterocycles. The molecule has 0 unspecified atom stereocenters. The third kappa shape index (κ3) is 8.13. The first-order chi connectivity index (χ1) is 13.2. The van der Waals surface area contributed by atoms with Crippen LogP contribution in [-0.2, 0) is 13.1 Å². The molecule has 0 aliphatic rings. The van der Waals surface area contributed by atoms with Gasteiger partial charge in [-0.05, 0) is 39.6 Å². The van der Waals surface area contributed by atoms with E-state index in [2.05, 4.69) is 33.6 Å². The summed E-state index contributed by atoms with van der Waals surface area (Å²) in [6.45, 7) is 6.75. The average Bonchev–Trinajstić information content (AvgIpc) is 3.17. The van der Waals surface area contributed by atoms with E-state index in [1.165, 1.54) is 0 Å². The number of benzene rings is 1. The van der Waals surface area contributed by atoms with Crippen molar-refractivity contribution in [3.63, 3.8) is 0 Å². The monoisotopic (exact) mass is 372 g/mol. The van der Waals surface area contributed by atoms with Gasteiger partial charge in [0.15, 0.2) is 5.96 Å². The number of ether oxygens (including phenoxy) is 1. The molecule has 0 spiro atoms. The largest absolute Gasteiger partial charge is 0.492 e. The van der Waals surface area contributed by atoms with Crippen molar-refractivity contribution < 1.29 is 4.74 Å². The zero-order chi connectivity index (χ0) is 19.3. The summed E-state index contributed by atoms with van der Waals surface area (Å²) < 4.78 is 7.86. The van der Waals surface area contributed by atoms with E-state index in [0.717, 1.165) is 49.9 Å². The Hall–Kier alpha value is -2.54. The number of aliphatic imine (C=N–C) groups is 1. The van der Waals surface area contributed by atoms with Gasteiger partial charge in [-0.3, -0.25) is 4.68 Å². The van der Waals surface area contributed by atoms with E-state index in [1.54, 1.807) is 6.20 Å². The molecule has 0 amide bonds. The van der Waals surface area contributed by atoms with Gasteiger partial charge in [-0.1, -0.05) is 18.2 Å². The number of nitrogens with one attached hydrogen (secondary N) is 2. The molecule has 0 aliphatic carbocycles. The number of hydrogen-bond acceptors (Lipinski definition) is 4. The molecule has 0 bridgehead atoms. The predicted octanol–water partition coefficient (Wildman–Crippen LogP) is 1.97. The van der Waals surface area contributed by atoms with Gasteiger partial charge in [0.25, 0.3) is 0 Å². The summed E-state index contributed by atoms with van der Waals surface area (Å²) in [4.78, 5) is 6.81. The van der Waals surface area contributed by atoms with Crippen molar-refractivity contribution >= 4 is 5.96 Å². The minimum Gasteiger partial charge on any atom is -0.492 e. The SMILES string of the molecule is CCNC(=NCc1ccccc1OCCN(C)C)NCCCn1cccn1. The molecule has 1 aromatic carbocycles. The van der Waals surface area contributed by atoms with Crippen LogP contribution in [-0.4, -0.2) is 61.0 Å². The maximum absolute atomic E-state index is 5.92. The maximum Gasteiger partial charge on any atom is 0.191 e. The maximum atomic E-state index is 5.92. The van der Waals surface area contributed by atoms with Gasteiger partial charge >= 0.3 is 0 Å². The fourth-order valence-electron chi connectivity index (χ4n) is 2.50. The Kier molecular flexibility index (Phi) is 9.20. The van der Waals surface area contributed by atoms with Gasteiger partial charge in [0, 0.05) is 44.1 Å². The molecular weight excluding hydrogens is 340 g/mol. The summed E-state index contributed by atoms with van der Waals surface area (Å²) in [7, 11) is 4.08. The quantitative estimate of drug-likeness (QED) is 0.359. The number of hydrogen-bond donors (Lipinski definition) is 2. The first kappa shape index (κ1) is 20.8. The van der Waals surface area contributed by atoms with Gasteiger partial charge in [-0.2, -0.15) is 5.10 Å². The molecule has 2 aromatic rings. The second-order valence-corrected chi connectivity index (χ2v) is 6.50. The van der Waals surface area contributed by atoms with Crippen LogP contribution in [0.2, 0.25) is 0 Å². The molecule has 0 saturated carbocycles. The molecule has 0 fully saturated rings. The van der Waals surface area contributed by atoms with E-state index in [4.69, 9.17) is 9.73 Å². The number of nitrogens with zero attached hydrogens (tertiary/aromatic N) is 4. The Bertz CT molecular complexity index is 669. The first-order valence-corrected chi connectivity index (χ1v) is 9.54. The summed E-state index contributed by atoms with van der Waals surface area (Å²) in [5.41, 5.74) is 1.09. The van der Waals surface area contributed by atoms with E-state index in [1.807, 2.05) is 49.2 Å². The van der Waals surface area contributed by atoms with E-state index in [0.29, 0.717) is 13.2 Å². The van der Waals surface area contributed by atoms with Gasteiger partial charge in [-0.15, -0.1) is 0 Å². The Morgan fingerprint density at radius 3 is 2.81 bits per heavy atom. The number of guanidine groups is 1. The Balaban J connectivity index is 1.85. The summed E-state index contributed by atoms with van der Waals surface area (Å²) in [6.07, 6.45) is 4.76. The summed E-state index contributed by atoms with van der Waals surface area (Å²) in [5.74, 6) is 1.72. The second-order valence-electron chi connectivity index (χ2n) is 6.50. The lowest BCUT2D eigenvalue weighted by Gasteiger charge is -2.14. The van der Waals surface area contributed by atoms with Crippen LogP contribution >= 0.6 is 0 Å². The molecule has 0 aliphatic heterocycles. The number of aromatic nitrogens is 2. The van der Waals surface area contributed by atoms with Crippen LogP contribution in [0.4, 0.5) is 0 Å². The highest BCUT2D eigenvalue weighted by molar-refractivity contribution is 5.79. The van der Waals surface area contributed by atoms with Crippen LogP contribution < -0.4 is 15.4 Å². The molecule has 2 rings (SSSR count). The van der Waals surface area contributed by atoms with Gasteiger partial charge in [0.05, 0.1) is 6.54 Å². The lowest BCUT2D eigenvalue weighted by molar-refractivity contribution is 0.259. The lowest BCUT2D eigenvalue weighted by atomic mass is 10.2. The van der Waals surface area contributed by atoms with Crippen molar-refractivity contribution in [2.45, 2.75) is 26.4 Å². The Morgan fingerprint density at radius 1 is 1.22 bits per heavy atom. The summed E-state index contributed by atoms with van der Waals surface area (Å²) in [6, 6.07) is 10.0. The second kappa shape index (κ2) is 12.0. The molecule has 27 heavy (non-hydrogen) atoms. The van der Waals surface area contributed by atoms with Crippen molar-refractivity contribution in [1.29, 1.82) is 0 Å². The molecule has 0 saturated heterocycles. The minimum atomic E-state index is 0.576. The molecular formula is C20H32N6O. The number of likely N-dealkylation sites (N-methyl/N-ethyl adjacent to an activating group) is 1. The van der Waals surface area contributed by atoms with Crippen molar-refractivity contribution in [3.05, 3.63) is 48.3 Å². The number of aryl methyl sites for hydroxylation is 1. The standard InChI is InChI=1S/C20H32N6O/c1-4-21-20(22-11-7-13-26-14-8-12-24-26)23-17-18-9-5-6-10-19(18)27-16-15-25(2)3/h5-6,8-10,12,14H,4,7,11,13,15-17H2,1-3H3,(H2,21,22,23).